The zero-order chi connectivity index (χ0) is 15.5. The maximum atomic E-state index is 12.0. The third-order valence-corrected chi connectivity index (χ3v) is 4.52. The van der Waals surface area contributed by atoms with Crippen LogP contribution in [-0.2, 0) is 21.1 Å². The van der Waals surface area contributed by atoms with E-state index in [-0.39, 0.29) is 17.2 Å². The molecule has 2 aromatic carbocycles. The maximum Gasteiger partial charge on any atom is 0.228 e. The lowest BCUT2D eigenvalue weighted by atomic mass is 10.1. The first-order chi connectivity index (χ1) is 9.86. The molecule has 21 heavy (non-hydrogen) atoms. The molecule has 0 bridgehead atoms. The van der Waals surface area contributed by atoms with Crippen molar-refractivity contribution in [2.45, 2.75) is 11.3 Å². The van der Waals surface area contributed by atoms with E-state index >= 15 is 0 Å². The number of carbonyl (C=O) groups excluding carboxylic acids is 1. The number of amides is 1. The van der Waals surface area contributed by atoms with Crippen molar-refractivity contribution in [1.82, 2.24) is 0 Å². The van der Waals surface area contributed by atoms with E-state index in [2.05, 4.69) is 21.2 Å². The second-order valence-electron chi connectivity index (χ2n) is 4.62. The molecule has 0 heterocycles. The Morgan fingerprint density at radius 1 is 1.10 bits per heavy atom. The zero-order valence-electron chi connectivity index (χ0n) is 11.3. The molecular formula is C15H14BrNO3S. The van der Waals surface area contributed by atoms with Crippen LogP contribution in [-0.4, -0.2) is 20.6 Å². The summed E-state index contributed by atoms with van der Waals surface area (Å²) in [5.41, 5.74) is 1.16. The first-order valence-corrected chi connectivity index (χ1v) is 8.88. The molecule has 0 aliphatic rings. The van der Waals surface area contributed by atoms with Gasteiger partial charge >= 0.3 is 0 Å². The molecule has 0 aromatic heterocycles. The average Bonchev–Trinajstić information content (AvgIpc) is 2.41. The van der Waals surface area contributed by atoms with Crippen molar-refractivity contribution in [3.8, 4) is 0 Å². The van der Waals surface area contributed by atoms with Crippen molar-refractivity contribution < 1.29 is 13.2 Å². The van der Waals surface area contributed by atoms with Gasteiger partial charge in [0.1, 0.15) is 0 Å². The van der Waals surface area contributed by atoms with E-state index in [1.165, 1.54) is 6.07 Å². The van der Waals surface area contributed by atoms with Gasteiger partial charge in [0.2, 0.25) is 5.91 Å². The number of hydrogen-bond donors (Lipinski definition) is 1. The summed E-state index contributed by atoms with van der Waals surface area (Å²) in [7, 11) is -3.38. The van der Waals surface area contributed by atoms with Gasteiger partial charge in [0.15, 0.2) is 9.84 Å². The Kier molecular flexibility index (Phi) is 4.80. The highest BCUT2D eigenvalue weighted by Gasteiger charge is 2.14. The molecule has 6 heteroatoms. The van der Waals surface area contributed by atoms with Crippen molar-refractivity contribution >= 4 is 37.4 Å². The van der Waals surface area contributed by atoms with Gasteiger partial charge < -0.3 is 5.32 Å². The standard InChI is InChI=1S/C15H14BrNO3S/c1-21(19,20)14-5-3-2-4-13(14)17-15(18)10-11-6-8-12(16)9-7-11/h2-9H,10H2,1H3,(H,17,18). The van der Waals surface area contributed by atoms with Crippen LogP contribution in [0.2, 0.25) is 0 Å². The van der Waals surface area contributed by atoms with Crippen molar-refractivity contribution in [2.24, 2.45) is 0 Å². The van der Waals surface area contributed by atoms with Crippen LogP contribution in [0.1, 0.15) is 5.56 Å². The topological polar surface area (TPSA) is 63.2 Å². The van der Waals surface area contributed by atoms with Crippen molar-refractivity contribution in [3.05, 3.63) is 58.6 Å². The fourth-order valence-corrected chi connectivity index (χ4v) is 2.98. The molecular weight excluding hydrogens is 354 g/mol. The summed E-state index contributed by atoms with van der Waals surface area (Å²) in [4.78, 5) is 12.1. The van der Waals surface area contributed by atoms with E-state index < -0.39 is 9.84 Å². The van der Waals surface area contributed by atoms with Crippen LogP contribution in [0, 0.1) is 0 Å². The lowest BCUT2D eigenvalue weighted by Gasteiger charge is -2.09. The molecule has 0 radical (unpaired) electrons. The van der Waals surface area contributed by atoms with Gasteiger partial charge in [0.25, 0.3) is 0 Å². The maximum absolute atomic E-state index is 12.0. The highest BCUT2D eigenvalue weighted by molar-refractivity contribution is 9.10. The quantitative estimate of drug-likeness (QED) is 0.902. The number of benzene rings is 2. The number of sulfone groups is 1. The molecule has 0 aliphatic carbocycles. The third-order valence-electron chi connectivity index (χ3n) is 2.84. The summed E-state index contributed by atoms with van der Waals surface area (Å²) < 4.78 is 24.3. The monoisotopic (exact) mass is 367 g/mol. The summed E-state index contributed by atoms with van der Waals surface area (Å²) in [5.74, 6) is -0.256. The molecule has 4 nitrogen and oxygen atoms in total. The first kappa shape index (κ1) is 15.7. The number of nitrogens with one attached hydrogen (secondary N) is 1. The molecule has 1 N–H and O–H groups in total. The minimum Gasteiger partial charge on any atom is -0.325 e. The van der Waals surface area contributed by atoms with Gasteiger partial charge in [0, 0.05) is 10.7 Å². The van der Waals surface area contributed by atoms with Gasteiger partial charge in [-0.3, -0.25) is 4.79 Å². The van der Waals surface area contributed by atoms with E-state index in [0.29, 0.717) is 5.69 Å². The van der Waals surface area contributed by atoms with Gasteiger partial charge in [-0.05, 0) is 29.8 Å². The van der Waals surface area contributed by atoms with Crippen molar-refractivity contribution in [1.29, 1.82) is 0 Å². The first-order valence-electron chi connectivity index (χ1n) is 6.19. The lowest BCUT2D eigenvalue weighted by Crippen LogP contribution is -2.16. The highest BCUT2D eigenvalue weighted by atomic mass is 79.9. The van der Waals surface area contributed by atoms with Crippen LogP contribution in [0.5, 0.6) is 0 Å². The smallest absolute Gasteiger partial charge is 0.228 e. The number of carbonyl (C=O) groups is 1. The summed E-state index contributed by atoms with van der Waals surface area (Å²) in [6.45, 7) is 0. The molecule has 0 saturated carbocycles. The van der Waals surface area contributed by atoms with Crippen LogP contribution in [0.25, 0.3) is 0 Å². The van der Waals surface area contributed by atoms with Gasteiger partial charge in [-0.1, -0.05) is 40.2 Å². The average molecular weight is 368 g/mol. The number of rotatable bonds is 4. The van der Waals surface area contributed by atoms with Gasteiger partial charge in [-0.25, -0.2) is 8.42 Å². The summed E-state index contributed by atoms with van der Waals surface area (Å²) in [6, 6.07) is 13.8. The Morgan fingerprint density at radius 2 is 1.71 bits per heavy atom. The fourth-order valence-electron chi connectivity index (χ4n) is 1.88. The predicted molar refractivity (Wildman–Crippen MR) is 86.0 cm³/mol. The molecule has 110 valence electrons. The SMILES string of the molecule is CS(=O)(=O)c1ccccc1NC(=O)Cc1ccc(Br)cc1. The van der Waals surface area contributed by atoms with E-state index in [1.54, 1.807) is 18.2 Å². The largest absolute Gasteiger partial charge is 0.325 e. The van der Waals surface area contributed by atoms with Gasteiger partial charge in [0.05, 0.1) is 17.0 Å². The Hall–Kier alpha value is -1.66. The molecule has 2 rings (SSSR count). The number of hydrogen-bond acceptors (Lipinski definition) is 3. The van der Waals surface area contributed by atoms with Crippen LogP contribution < -0.4 is 5.32 Å². The third kappa shape index (κ3) is 4.41. The molecule has 0 atom stereocenters. The highest BCUT2D eigenvalue weighted by Crippen LogP contribution is 2.21. The van der Waals surface area contributed by atoms with Crippen LogP contribution in [0.4, 0.5) is 5.69 Å². The lowest BCUT2D eigenvalue weighted by molar-refractivity contribution is -0.115. The van der Waals surface area contributed by atoms with Crippen LogP contribution in [0.3, 0.4) is 0 Å². The number of anilines is 1. The van der Waals surface area contributed by atoms with E-state index in [0.717, 1.165) is 16.3 Å². The molecule has 1 amide bonds. The van der Waals surface area contributed by atoms with Gasteiger partial charge in [-0.2, -0.15) is 0 Å². The molecule has 0 aliphatic heterocycles. The van der Waals surface area contributed by atoms with Crippen LogP contribution >= 0.6 is 15.9 Å². The van der Waals surface area contributed by atoms with Gasteiger partial charge in [-0.15, -0.1) is 0 Å². The Balaban J connectivity index is 2.15. The normalized spacial score (nSPS) is 11.1. The Labute approximate surface area is 132 Å². The van der Waals surface area contributed by atoms with Crippen molar-refractivity contribution in [3.63, 3.8) is 0 Å². The second kappa shape index (κ2) is 6.41. The molecule has 0 unspecified atom stereocenters. The van der Waals surface area contributed by atoms with Crippen molar-refractivity contribution in [2.75, 3.05) is 11.6 Å². The zero-order valence-corrected chi connectivity index (χ0v) is 13.7. The molecule has 0 fully saturated rings. The Morgan fingerprint density at radius 3 is 2.33 bits per heavy atom. The Bertz CT molecular complexity index is 755. The predicted octanol–water partition coefficient (Wildman–Crippen LogP) is 3.03. The minimum atomic E-state index is -3.38. The number of para-hydroxylation sites is 1. The molecule has 0 saturated heterocycles. The summed E-state index contributed by atoms with van der Waals surface area (Å²) in [6.07, 6.45) is 1.30. The minimum absolute atomic E-state index is 0.120. The fraction of sp³-hybridized carbons (Fsp3) is 0.133. The summed E-state index contributed by atoms with van der Waals surface area (Å²) in [5, 5.41) is 2.65. The molecule has 0 spiro atoms. The van der Waals surface area contributed by atoms with E-state index in [9.17, 15) is 13.2 Å². The number of halogens is 1. The molecule has 2 aromatic rings. The van der Waals surface area contributed by atoms with E-state index in [4.69, 9.17) is 0 Å². The summed E-state index contributed by atoms with van der Waals surface area (Å²) >= 11 is 3.33. The van der Waals surface area contributed by atoms with E-state index in [1.807, 2.05) is 24.3 Å². The van der Waals surface area contributed by atoms with Crippen LogP contribution in [0.15, 0.2) is 57.9 Å². The second-order valence-corrected chi connectivity index (χ2v) is 7.52.